The zero-order chi connectivity index (χ0) is 21.0. The molecule has 0 radical (unpaired) electrons. The molecule has 150 valence electrons. The van der Waals surface area contributed by atoms with Gasteiger partial charge in [0.2, 0.25) is 0 Å². The fourth-order valence-electron chi connectivity index (χ4n) is 4.51. The van der Waals surface area contributed by atoms with E-state index in [1.54, 1.807) is 0 Å². The summed E-state index contributed by atoms with van der Waals surface area (Å²) in [7, 11) is 0. The summed E-state index contributed by atoms with van der Waals surface area (Å²) in [5, 5.41) is 13.9. The smallest absolute Gasteiger partial charge is 0.307 e. The van der Waals surface area contributed by atoms with Crippen molar-refractivity contribution >= 4 is 39.7 Å². The van der Waals surface area contributed by atoms with E-state index in [4.69, 9.17) is 9.47 Å². The average Bonchev–Trinajstić information content (AvgIpc) is 2.79. The SMILES string of the molecule is O=C(O)CC1=Cc2c(ccc3ccccc23)O[C@]12C=Cc1c(ccc3ccccc13)O2. The van der Waals surface area contributed by atoms with Crippen LogP contribution in [0.1, 0.15) is 17.5 Å². The van der Waals surface area contributed by atoms with Crippen molar-refractivity contribution < 1.29 is 19.4 Å². The molecule has 0 aliphatic carbocycles. The van der Waals surface area contributed by atoms with Gasteiger partial charge in [0.05, 0.1) is 6.42 Å². The fraction of sp³-hybridized carbons (Fsp3) is 0.0741. The summed E-state index contributed by atoms with van der Waals surface area (Å²) in [6, 6.07) is 24.0. The number of carbonyl (C=O) groups is 1. The van der Waals surface area contributed by atoms with Crippen LogP contribution >= 0.6 is 0 Å². The largest absolute Gasteiger partial charge is 0.481 e. The van der Waals surface area contributed by atoms with E-state index in [1.807, 2.05) is 78.9 Å². The molecular formula is C27H18O4. The van der Waals surface area contributed by atoms with E-state index >= 15 is 0 Å². The molecule has 1 spiro atoms. The lowest BCUT2D eigenvalue weighted by molar-refractivity contribution is -0.137. The van der Waals surface area contributed by atoms with E-state index < -0.39 is 11.8 Å². The summed E-state index contributed by atoms with van der Waals surface area (Å²) in [5.41, 5.74) is 2.39. The second-order valence-electron chi connectivity index (χ2n) is 7.84. The lowest BCUT2D eigenvalue weighted by Gasteiger charge is -2.39. The molecule has 0 unspecified atom stereocenters. The normalized spacial score (nSPS) is 18.8. The summed E-state index contributed by atoms with van der Waals surface area (Å²) < 4.78 is 12.8. The van der Waals surface area contributed by atoms with Gasteiger partial charge in [-0.1, -0.05) is 60.7 Å². The first kappa shape index (κ1) is 17.8. The van der Waals surface area contributed by atoms with Crippen molar-refractivity contribution in [1.82, 2.24) is 0 Å². The van der Waals surface area contributed by atoms with Crippen molar-refractivity contribution in [3.8, 4) is 11.5 Å². The van der Waals surface area contributed by atoms with E-state index in [0.29, 0.717) is 17.1 Å². The molecule has 0 aromatic heterocycles. The highest BCUT2D eigenvalue weighted by atomic mass is 16.7. The van der Waals surface area contributed by atoms with Crippen molar-refractivity contribution in [2.75, 3.05) is 0 Å². The first-order valence-electron chi connectivity index (χ1n) is 10.2. The van der Waals surface area contributed by atoms with E-state index in [9.17, 15) is 9.90 Å². The summed E-state index contributed by atoms with van der Waals surface area (Å²) in [4.78, 5) is 11.7. The summed E-state index contributed by atoms with van der Waals surface area (Å²) >= 11 is 0. The van der Waals surface area contributed by atoms with Crippen LogP contribution in [0.2, 0.25) is 0 Å². The highest BCUT2D eigenvalue weighted by Gasteiger charge is 2.43. The Labute approximate surface area is 178 Å². The molecule has 4 aromatic rings. The molecule has 2 heterocycles. The molecule has 31 heavy (non-hydrogen) atoms. The van der Waals surface area contributed by atoms with Gasteiger partial charge in [0.15, 0.2) is 0 Å². The molecule has 4 aromatic carbocycles. The third-order valence-corrected chi connectivity index (χ3v) is 5.96. The van der Waals surface area contributed by atoms with Crippen LogP contribution in [-0.4, -0.2) is 16.9 Å². The second-order valence-corrected chi connectivity index (χ2v) is 7.84. The molecular weight excluding hydrogens is 388 g/mol. The van der Waals surface area contributed by atoms with Crippen LogP contribution in [0.5, 0.6) is 11.5 Å². The maximum absolute atomic E-state index is 11.7. The van der Waals surface area contributed by atoms with E-state index in [2.05, 4.69) is 12.1 Å². The number of hydrogen-bond donors (Lipinski definition) is 1. The summed E-state index contributed by atoms with van der Waals surface area (Å²) in [6.07, 6.45) is 5.53. The van der Waals surface area contributed by atoms with E-state index in [-0.39, 0.29) is 6.42 Å². The number of hydrogen-bond acceptors (Lipinski definition) is 3. The highest BCUT2D eigenvalue weighted by molar-refractivity contribution is 5.96. The molecule has 0 bridgehead atoms. The van der Waals surface area contributed by atoms with Crippen LogP contribution in [0.15, 0.2) is 84.4 Å². The van der Waals surface area contributed by atoms with Crippen molar-refractivity contribution in [3.05, 3.63) is 95.6 Å². The zero-order valence-corrected chi connectivity index (χ0v) is 16.5. The molecule has 6 rings (SSSR count). The third-order valence-electron chi connectivity index (χ3n) is 5.96. The van der Waals surface area contributed by atoms with Crippen LogP contribution in [0, 0.1) is 0 Å². The number of ether oxygens (including phenoxy) is 2. The Balaban J connectivity index is 1.53. The quantitative estimate of drug-likeness (QED) is 0.441. The molecule has 1 atom stereocenters. The van der Waals surface area contributed by atoms with E-state index in [0.717, 1.165) is 32.7 Å². The minimum atomic E-state index is -1.29. The molecule has 0 saturated carbocycles. The minimum Gasteiger partial charge on any atom is -0.481 e. The topological polar surface area (TPSA) is 55.8 Å². The number of rotatable bonds is 2. The average molecular weight is 406 g/mol. The molecule has 0 saturated heterocycles. The maximum Gasteiger partial charge on any atom is 0.307 e. The monoisotopic (exact) mass is 406 g/mol. The number of fused-ring (bicyclic) bond motifs is 6. The van der Waals surface area contributed by atoms with Crippen LogP contribution in [0.3, 0.4) is 0 Å². The standard InChI is InChI=1S/C27H18O4/c28-26(29)16-19-15-23-21-8-4-2-6-18(21)10-12-25(23)31-27(19)14-13-22-20-7-3-1-5-17(20)9-11-24(22)30-27/h1-15H,16H2,(H,28,29)/t27-/m1/s1. The molecule has 2 aliphatic heterocycles. The van der Waals surface area contributed by atoms with Gasteiger partial charge in [-0.2, -0.15) is 0 Å². The summed E-state index contributed by atoms with van der Waals surface area (Å²) in [5.74, 6) is -0.883. The Morgan fingerprint density at radius 2 is 1.35 bits per heavy atom. The van der Waals surface area contributed by atoms with Gasteiger partial charge in [0.1, 0.15) is 11.5 Å². The predicted molar refractivity (Wildman–Crippen MR) is 121 cm³/mol. The van der Waals surface area contributed by atoms with Crippen molar-refractivity contribution in [3.63, 3.8) is 0 Å². The first-order valence-corrected chi connectivity index (χ1v) is 10.2. The number of aliphatic carboxylic acids is 1. The second kappa shape index (κ2) is 6.47. The van der Waals surface area contributed by atoms with Gasteiger partial charge in [0, 0.05) is 22.8 Å². The number of benzene rings is 4. The van der Waals surface area contributed by atoms with Gasteiger partial charge in [-0.3, -0.25) is 4.79 Å². The molecule has 4 nitrogen and oxygen atoms in total. The third kappa shape index (κ3) is 2.72. The lowest BCUT2D eigenvalue weighted by atomic mass is 9.90. The van der Waals surface area contributed by atoms with Crippen molar-refractivity contribution in [1.29, 1.82) is 0 Å². The van der Waals surface area contributed by atoms with Gasteiger partial charge in [-0.15, -0.1) is 0 Å². The Morgan fingerprint density at radius 3 is 2.00 bits per heavy atom. The van der Waals surface area contributed by atoms with Crippen molar-refractivity contribution in [2.45, 2.75) is 12.2 Å². The van der Waals surface area contributed by atoms with Crippen LogP contribution < -0.4 is 9.47 Å². The van der Waals surface area contributed by atoms with Crippen LogP contribution in [-0.2, 0) is 4.79 Å². The molecule has 4 heteroatoms. The number of carboxylic acids is 1. The van der Waals surface area contributed by atoms with Crippen molar-refractivity contribution in [2.24, 2.45) is 0 Å². The van der Waals surface area contributed by atoms with Gasteiger partial charge < -0.3 is 14.6 Å². The molecule has 0 amide bonds. The molecule has 2 aliphatic rings. The van der Waals surface area contributed by atoms with E-state index in [1.165, 1.54) is 0 Å². The van der Waals surface area contributed by atoms with Gasteiger partial charge >= 0.3 is 5.97 Å². The Bertz CT molecular complexity index is 1440. The molecule has 1 N–H and O–H groups in total. The molecule has 0 fully saturated rings. The Morgan fingerprint density at radius 1 is 0.774 bits per heavy atom. The highest BCUT2D eigenvalue weighted by Crippen LogP contribution is 2.46. The van der Waals surface area contributed by atoms with Gasteiger partial charge in [-0.05, 0) is 45.8 Å². The first-order chi connectivity index (χ1) is 15.1. The fourth-order valence-corrected chi connectivity index (χ4v) is 4.51. The minimum absolute atomic E-state index is 0.185. The Kier molecular flexibility index (Phi) is 3.71. The van der Waals surface area contributed by atoms with Gasteiger partial charge in [0.25, 0.3) is 5.79 Å². The van der Waals surface area contributed by atoms with Gasteiger partial charge in [-0.25, -0.2) is 0 Å². The van der Waals surface area contributed by atoms with Crippen LogP contribution in [0.4, 0.5) is 0 Å². The maximum atomic E-state index is 11.7. The predicted octanol–water partition coefficient (Wildman–Crippen LogP) is 6.05. The number of carboxylic acid groups (broad SMARTS) is 1. The lowest BCUT2D eigenvalue weighted by Crippen LogP contribution is -2.46. The van der Waals surface area contributed by atoms with Crippen LogP contribution in [0.25, 0.3) is 33.7 Å². The summed E-state index contributed by atoms with van der Waals surface area (Å²) in [6.45, 7) is 0. The Hall–Kier alpha value is -4.05. The zero-order valence-electron chi connectivity index (χ0n) is 16.5.